The van der Waals surface area contributed by atoms with Crippen LogP contribution in [-0.4, -0.2) is 37.1 Å². The molecule has 0 bridgehead atoms. The van der Waals surface area contributed by atoms with Gasteiger partial charge in [-0.15, -0.1) is 0 Å². The summed E-state index contributed by atoms with van der Waals surface area (Å²) in [6.45, 7) is 0. The van der Waals surface area contributed by atoms with Crippen LogP contribution >= 0.6 is 0 Å². The molecular formula is C10H16N2O3. The lowest BCUT2D eigenvalue weighted by Gasteiger charge is -2.37. The Morgan fingerprint density at radius 1 is 1.40 bits per heavy atom. The lowest BCUT2D eigenvalue weighted by atomic mass is 9.88. The van der Waals surface area contributed by atoms with E-state index in [-0.39, 0.29) is 17.9 Å². The fourth-order valence-electron chi connectivity index (χ4n) is 2.03. The molecule has 0 aromatic carbocycles. The third-order valence-electron chi connectivity index (χ3n) is 3.10. The van der Waals surface area contributed by atoms with Crippen LogP contribution in [0.4, 0.5) is 0 Å². The third-order valence-corrected chi connectivity index (χ3v) is 3.10. The highest BCUT2D eigenvalue weighted by Crippen LogP contribution is 2.23. The quantitative estimate of drug-likeness (QED) is 0.622. The van der Waals surface area contributed by atoms with Gasteiger partial charge in [0.2, 0.25) is 11.8 Å². The van der Waals surface area contributed by atoms with E-state index in [1.165, 1.54) is 0 Å². The van der Waals surface area contributed by atoms with E-state index in [0.29, 0.717) is 25.0 Å². The summed E-state index contributed by atoms with van der Waals surface area (Å²) >= 11 is 0. The molecule has 0 aromatic rings. The molecule has 1 aliphatic carbocycles. The topological polar surface area (TPSA) is 67.4 Å². The number of hydrogen-bond donors (Lipinski definition) is 2. The molecule has 1 unspecified atom stereocenters. The van der Waals surface area contributed by atoms with Gasteiger partial charge in [-0.3, -0.25) is 14.9 Å². The summed E-state index contributed by atoms with van der Waals surface area (Å²) in [4.78, 5) is 22.3. The van der Waals surface area contributed by atoms with Gasteiger partial charge >= 0.3 is 0 Å². The Kier molecular flexibility index (Phi) is 3.02. The van der Waals surface area contributed by atoms with E-state index in [1.54, 1.807) is 7.11 Å². The maximum Gasteiger partial charge on any atom is 0.243 e. The van der Waals surface area contributed by atoms with Gasteiger partial charge in [0, 0.05) is 19.6 Å². The Hall–Kier alpha value is -0.940. The second-order valence-electron chi connectivity index (χ2n) is 4.20. The molecule has 0 spiro atoms. The van der Waals surface area contributed by atoms with Crippen molar-refractivity contribution in [2.24, 2.45) is 0 Å². The standard InChI is InChI=1S/C10H16N2O3/c1-15-7-4-6(5-7)11-8-2-3-9(13)12-10(8)14/h6-8,11H,2-5H2,1H3,(H,12,13,14). The first-order valence-corrected chi connectivity index (χ1v) is 5.31. The van der Waals surface area contributed by atoms with Gasteiger partial charge in [-0.2, -0.15) is 0 Å². The van der Waals surface area contributed by atoms with E-state index in [0.717, 1.165) is 12.8 Å². The van der Waals surface area contributed by atoms with Crippen LogP contribution in [0.5, 0.6) is 0 Å². The number of rotatable bonds is 3. The second-order valence-corrected chi connectivity index (χ2v) is 4.20. The number of hydrogen-bond acceptors (Lipinski definition) is 4. The molecule has 0 radical (unpaired) electrons. The Balaban J connectivity index is 1.76. The van der Waals surface area contributed by atoms with Crippen molar-refractivity contribution in [3.63, 3.8) is 0 Å². The summed E-state index contributed by atoms with van der Waals surface area (Å²) < 4.78 is 5.15. The van der Waals surface area contributed by atoms with Crippen LogP contribution in [0.2, 0.25) is 0 Å². The zero-order valence-corrected chi connectivity index (χ0v) is 8.79. The van der Waals surface area contributed by atoms with E-state index in [4.69, 9.17) is 4.74 Å². The Bertz CT molecular complexity index is 274. The molecule has 1 heterocycles. The Labute approximate surface area is 88.5 Å². The smallest absolute Gasteiger partial charge is 0.243 e. The molecule has 1 aliphatic heterocycles. The zero-order chi connectivity index (χ0) is 10.8. The fourth-order valence-corrected chi connectivity index (χ4v) is 2.03. The van der Waals surface area contributed by atoms with Crippen LogP contribution in [0.15, 0.2) is 0 Å². The summed E-state index contributed by atoms with van der Waals surface area (Å²) in [6, 6.07) is 0.157. The number of ether oxygens (including phenoxy) is 1. The normalized spacial score (nSPS) is 35.9. The molecule has 1 saturated heterocycles. The molecule has 5 nitrogen and oxygen atoms in total. The van der Waals surface area contributed by atoms with Crippen LogP contribution in [0, 0.1) is 0 Å². The monoisotopic (exact) mass is 212 g/mol. The minimum Gasteiger partial charge on any atom is -0.381 e. The van der Waals surface area contributed by atoms with Gasteiger partial charge in [0.15, 0.2) is 0 Å². The molecule has 2 rings (SSSR count). The predicted octanol–water partition coefficient (Wildman–Crippen LogP) is -0.441. The summed E-state index contributed by atoms with van der Waals surface area (Å²) in [7, 11) is 1.70. The maximum atomic E-state index is 11.4. The van der Waals surface area contributed by atoms with Crippen LogP contribution in [-0.2, 0) is 14.3 Å². The highest BCUT2D eigenvalue weighted by atomic mass is 16.5. The van der Waals surface area contributed by atoms with Gasteiger partial charge in [0.25, 0.3) is 0 Å². The zero-order valence-electron chi connectivity index (χ0n) is 8.79. The molecule has 1 saturated carbocycles. The van der Waals surface area contributed by atoms with Crippen molar-refractivity contribution in [3.8, 4) is 0 Å². The average Bonchev–Trinajstić information content (AvgIpc) is 2.13. The fraction of sp³-hybridized carbons (Fsp3) is 0.800. The molecule has 2 fully saturated rings. The van der Waals surface area contributed by atoms with Crippen LogP contribution in [0.3, 0.4) is 0 Å². The van der Waals surface area contributed by atoms with E-state index >= 15 is 0 Å². The maximum absolute atomic E-state index is 11.4. The first-order chi connectivity index (χ1) is 7.19. The van der Waals surface area contributed by atoms with Crippen molar-refractivity contribution < 1.29 is 14.3 Å². The van der Waals surface area contributed by atoms with Gasteiger partial charge in [0.1, 0.15) is 0 Å². The van der Waals surface area contributed by atoms with Crippen molar-refractivity contribution in [1.82, 2.24) is 10.6 Å². The van der Waals surface area contributed by atoms with Gasteiger partial charge in [-0.05, 0) is 19.3 Å². The lowest BCUT2D eigenvalue weighted by molar-refractivity contribution is -0.135. The second kappa shape index (κ2) is 4.28. The Morgan fingerprint density at radius 3 is 2.73 bits per heavy atom. The first kappa shape index (κ1) is 10.6. The number of piperidine rings is 1. The largest absolute Gasteiger partial charge is 0.381 e. The number of nitrogens with one attached hydrogen (secondary N) is 2. The number of amides is 2. The Morgan fingerprint density at radius 2 is 2.13 bits per heavy atom. The molecule has 0 aromatic heterocycles. The van der Waals surface area contributed by atoms with E-state index in [2.05, 4.69) is 10.6 Å². The third kappa shape index (κ3) is 2.35. The first-order valence-electron chi connectivity index (χ1n) is 5.31. The van der Waals surface area contributed by atoms with Crippen LogP contribution < -0.4 is 10.6 Å². The van der Waals surface area contributed by atoms with Gasteiger partial charge < -0.3 is 10.1 Å². The highest BCUT2D eigenvalue weighted by molar-refractivity contribution is 6.00. The van der Waals surface area contributed by atoms with Gasteiger partial charge in [-0.25, -0.2) is 0 Å². The molecule has 84 valence electrons. The van der Waals surface area contributed by atoms with Crippen LogP contribution in [0.1, 0.15) is 25.7 Å². The SMILES string of the molecule is COC1CC(NC2CCC(=O)NC2=O)C1. The predicted molar refractivity (Wildman–Crippen MR) is 53.1 cm³/mol. The average molecular weight is 212 g/mol. The molecule has 5 heteroatoms. The number of carbonyl (C=O) groups is 2. The molecule has 2 aliphatic rings. The minimum absolute atomic E-state index is 0.165. The van der Waals surface area contributed by atoms with Crippen LogP contribution in [0.25, 0.3) is 0 Å². The highest BCUT2D eigenvalue weighted by Gasteiger charge is 2.34. The van der Waals surface area contributed by atoms with E-state index in [9.17, 15) is 9.59 Å². The van der Waals surface area contributed by atoms with Crippen molar-refractivity contribution >= 4 is 11.8 Å². The van der Waals surface area contributed by atoms with Gasteiger partial charge in [0.05, 0.1) is 12.1 Å². The number of methoxy groups -OCH3 is 1. The summed E-state index contributed by atoms with van der Waals surface area (Å²) in [5.41, 5.74) is 0. The summed E-state index contributed by atoms with van der Waals surface area (Å²) in [6.07, 6.45) is 3.28. The molecular weight excluding hydrogens is 196 g/mol. The van der Waals surface area contributed by atoms with Crippen molar-refractivity contribution in [2.45, 2.75) is 43.9 Å². The van der Waals surface area contributed by atoms with Gasteiger partial charge in [-0.1, -0.05) is 0 Å². The number of imide groups is 1. The molecule has 15 heavy (non-hydrogen) atoms. The lowest BCUT2D eigenvalue weighted by Crippen LogP contribution is -2.57. The minimum atomic E-state index is -0.203. The summed E-state index contributed by atoms with van der Waals surface area (Å²) in [5.74, 6) is -0.353. The number of carbonyl (C=O) groups excluding carboxylic acids is 2. The van der Waals surface area contributed by atoms with Crippen molar-refractivity contribution in [3.05, 3.63) is 0 Å². The molecule has 2 amide bonds. The molecule has 2 N–H and O–H groups in total. The molecule has 1 atom stereocenters. The van der Waals surface area contributed by atoms with Crippen molar-refractivity contribution in [2.75, 3.05) is 7.11 Å². The van der Waals surface area contributed by atoms with Crippen molar-refractivity contribution in [1.29, 1.82) is 0 Å². The summed E-state index contributed by atoms with van der Waals surface area (Å²) in [5, 5.41) is 5.58. The van der Waals surface area contributed by atoms with E-state index < -0.39 is 0 Å². The van der Waals surface area contributed by atoms with E-state index in [1.807, 2.05) is 0 Å².